The third-order valence-corrected chi connectivity index (χ3v) is 5.75. The number of pyridine rings is 1. The van der Waals surface area contributed by atoms with Gasteiger partial charge in [-0.1, -0.05) is 37.3 Å². The molecule has 3 aromatic rings. The lowest BCUT2D eigenvalue weighted by Gasteiger charge is -2.09. The van der Waals surface area contributed by atoms with E-state index >= 15 is 0 Å². The third-order valence-electron chi connectivity index (χ3n) is 5.75. The fourth-order valence-electron chi connectivity index (χ4n) is 4.25. The Bertz CT molecular complexity index is 1030. The monoisotopic (exact) mass is 401 g/mol. The van der Waals surface area contributed by atoms with E-state index in [4.69, 9.17) is 0 Å². The number of benzene rings is 1. The quantitative estimate of drug-likeness (QED) is 0.676. The Morgan fingerprint density at radius 2 is 1.79 bits per heavy atom. The van der Waals surface area contributed by atoms with Crippen LogP contribution >= 0.6 is 0 Å². The van der Waals surface area contributed by atoms with E-state index in [0.29, 0.717) is 6.42 Å². The summed E-state index contributed by atoms with van der Waals surface area (Å²) in [5.74, 6) is -1.09. The van der Waals surface area contributed by atoms with E-state index in [1.807, 2.05) is 37.3 Å². The number of rotatable bonds is 5. The molecule has 1 saturated carbocycles. The van der Waals surface area contributed by atoms with Crippen LogP contribution in [0.2, 0.25) is 0 Å². The molecule has 0 radical (unpaired) electrons. The molecule has 29 heavy (non-hydrogen) atoms. The van der Waals surface area contributed by atoms with Crippen molar-refractivity contribution in [1.29, 1.82) is 0 Å². The van der Waals surface area contributed by atoms with Gasteiger partial charge in [0, 0.05) is 24.2 Å². The molecule has 1 aliphatic carbocycles. The predicted molar refractivity (Wildman–Crippen MR) is 98.6 cm³/mol. The number of hydrogen-bond donors (Lipinski definition) is 1. The first-order chi connectivity index (χ1) is 13.8. The average Bonchev–Trinajstić information content (AvgIpc) is 3.17. The van der Waals surface area contributed by atoms with Gasteiger partial charge in [-0.15, -0.1) is 0 Å². The van der Waals surface area contributed by atoms with Gasteiger partial charge in [-0.3, -0.25) is 4.79 Å². The van der Waals surface area contributed by atoms with Crippen LogP contribution in [0.3, 0.4) is 0 Å². The van der Waals surface area contributed by atoms with Gasteiger partial charge in [0.15, 0.2) is 5.82 Å². The Hall–Kier alpha value is -3.16. The molecule has 4 rings (SSSR count). The molecule has 5 nitrogen and oxygen atoms in total. The van der Waals surface area contributed by atoms with Gasteiger partial charge in [0.25, 0.3) is 0 Å². The molecule has 150 valence electrons. The number of alkyl halides is 3. The number of aromatic nitrogens is 3. The minimum absolute atomic E-state index is 0.190. The van der Waals surface area contributed by atoms with E-state index in [9.17, 15) is 23.1 Å². The van der Waals surface area contributed by atoms with Crippen LogP contribution in [0, 0.1) is 5.41 Å². The van der Waals surface area contributed by atoms with Gasteiger partial charge < -0.3 is 5.11 Å². The highest BCUT2D eigenvalue weighted by Gasteiger charge is 2.69. The van der Waals surface area contributed by atoms with E-state index in [-0.39, 0.29) is 17.7 Å². The molecular weight excluding hydrogens is 383 g/mol. The normalized spacial score (nSPS) is 23.7. The van der Waals surface area contributed by atoms with Crippen molar-refractivity contribution < 1.29 is 23.1 Å². The Labute approximate surface area is 164 Å². The van der Waals surface area contributed by atoms with E-state index in [2.05, 4.69) is 10.1 Å². The molecule has 1 aliphatic rings. The second-order valence-electron chi connectivity index (χ2n) is 7.19. The number of hydrogen-bond acceptors (Lipinski definition) is 3. The van der Waals surface area contributed by atoms with Crippen LogP contribution in [0.15, 0.2) is 61.1 Å². The highest BCUT2D eigenvalue weighted by molar-refractivity contribution is 5.83. The van der Waals surface area contributed by atoms with Crippen LogP contribution in [0.5, 0.6) is 0 Å². The van der Waals surface area contributed by atoms with E-state index in [1.165, 1.54) is 10.7 Å². The number of carboxylic acid groups (broad SMARTS) is 1. The van der Waals surface area contributed by atoms with Gasteiger partial charge in [-0.2, -0.15) is 18.3 Å². The SMILES string of the molecule is CCC1(C(=O)O)C(c2ccccc2)C1c1cnn(-c2ccc(C(F)(F)F)cn2)c1. The van der Waals surface area contributed by atoms with Crippen molar-refractivity contribution in [2.24, 2.45) is 5.41 Å². The van der Waals surface area contributed by atoms with Gasteiger partial charge in [0.2, 0.25) is 0 Å². The minimum Gasteiger partial charge on any atom is -0.481 e. The highest BCUT2D eigenvalue weighted by Crippen LogP contribution is 2.72. The first-order valence-electron chi connectivity index (χ1n) is 9.15. The summed E-state index contributed by atoms with van der Waals surface area (Å²) in [4.78, 5) is 16.0. The Morgan fingerprint density at radius 3 is 2.34 bits per heavy atom. The lowest BCUT2D eigenvalue weighted by Crippen LogP contribution is -2.17. The van der Waals surface area contributed by atoms with Crippen LogP contribution in [-0.4, -0.2) is 25.8 Å². The summed E-state index contributed by atoms with van der Waals surface area (Å²) in [6, 6.07) is 11.7. The Balaban J connectivity index is 1.67. The molecule has 2 heterocycles. The standard InChI is InChI=1S/C21H18F3N3O2/c1-2-20(19(28)29)17(13-6-4-3-5-7-13)18(20)14-10-26-27(12-14)16-9-8-15(11-25-16)21(22,23)24/h3-12,17-18H,2H2,1H3,(H,28,29). The summed E-state index contributed by atoms with van der Waals surface area (Å²) < 4.78 is 39.6. The molecule has 1 aromatic carbocycles. The second-order valence-corrected chi connectivity index (χ2v) is 7.19. The van der Waals surface area contributed by atoms with Crippen LogP contribution in [0.4, 0.5) is 13.2 Å². The third kappa shape index (κ3) is 3.08. The lowest BCUT2D eigenvalue weighted by molar-refractivity contribution is -0.144. The molecular formula is C21H18F3N3O2. The Kier molecular flexibility index (Phi) is 4.44. The van der Waals surface area contributed by atoms with Crippen LogP contribution < -0.4 is 0 Å². The summed E-state index contributed by atoms with van der Waals surface area (Å²) in [7, 11) is 0. The fraction of sp³-hybridized carbons (Fsp3) is 0.286. The zero-order valence-electron chi connectivity index (χ0n) is 15.5. The van der Waals surface area contributed by atoms with Gasteiger partial charge >= 0.3 is 12.1 Å². The van der Waals surface area contributed by atoms with Gasteiger partial charge in [-0.05, 0) is 29.7 Å². The van der Waals surface area contributed by atoms with Gasteiger partial charge in [0.05, 0.1) is 17.2 Å². The van der Waals surface area contributed by atoms with E-state index in [1.54, 1.807) is 12.4 Å². The van der Waals surface area contributed by atoms with Crippen molar-refractivity contribution >= 4 is 5.97 Å². The molecule has 0 saturated heterocycles. The number of nitrogens with zero attached hydrogens (tertiary/aromatic N) is 3. The second kappa shape index (κ2) is 6.72. The van der Waals surface area contributed by atoms with Crippen molar-refractivity contribution in [3.63, 3.8) is 0 Å². The fourth-order valence-corrected chi connectivity index (χ4v) is 4.25. The largest absolute Gasteiger partial charge is 0.481 e. The molecule has 1 fully saturated rings. The summed E-state index contributed by atoms with van der Waals surface area (Å²) in [6.45, 7) is 1.85. The zero-order chi connectivity index (χ0) is 20.8. The number of carboxylic acids is 1. The molecule has 2 aromatic heterocycles. The Morgan fingerprint density at radius 1 is 1.10 bits per heavy atom. The molecule has 0 amide bonds. The number of halogens is 3. The average molecular weight is 401 g/mol. The first kappa shape index (κ1) is 19.2. The summed E-state index contributed by atoms with van der Waals surface area (Å²) in [6.07, 6.45) is -0.0265. The van der Waals surface area contributed by atoms with Crippen molar-refractivity contribution in [2.75, 3.05) is 0 Å². The number of carbonyl (C=O) groups is 1. The van der Waals surface area contributed by atoms with Crippen molar-refractivity contribution in [3.05, 3.63) is 77.7 Å². The molecule has 8 heteroatoms. The summed E-state index contributed by atoms with van der Waals surface area (Å²) in [5.41, 5.74) is -0.0919. The highest BCUT2D eigenvalue weighted by atomic mass is 19.4. The van der Waals surface area contributed by atoms with Crippen LogP contribution in [0.1, 0.15) is 41.9 Å². The molecule has 0 bridgehead atoms. The van der Waals surface area contributed by atoms with Crippen LogP contribution in [-0.2, 0) is 11.0 Å². The number of aliphatic carboxylic acids is 1. The van der Waals surface area contributed by atoms with Gasteiger partial charge in [-0.25, -0.2) is 9.67 Å². The van der Waals surface area contributed by atoms with E-state index in [0.717, 1.165) is 23.4 Å². The summed E-state index contributed by atoms with van der Waals surface area (Å²) in [5, 5.41) is 14.2. The van der Waals surface area contributed by atoms with Crippen molar-refractivity contribution in [2.45, 2.75) is 31.4 Å². The molecule has 0 aliphatic heterocycles. The molecule has 1 N–H and O–H groups in total. The van der Waals surface area contributed by atoms with Gasteiger partial charge in [0.1, 0.15) is 0 Å². The molecule has 3 unspecified atom stereocenters. The maximum absolute atomic E-state index is 12.7. The first-order valence-corrected chi connectivity index (χ1v) is 9.15. The zero-order valence-corrected chi connectivity index (χ0v) is 15.5. The lowest BCUT2D eigenvalue weighted by atomic mass is 9.95. The predicted octanol–water partition coefficient (Wildman–Crippen LogP) is 4.65. The van der Waals surface area contributed by atoms with E-state index < -0.39 is 23.1 Å². The molecule has 0 spiro atoms. The smallest absolute Gasteiger partial charge is 0.417 e. The minimum atomic E-state index is -4.46. The molecule has 3 atom stereocenters. The maximum Gasteiger partial charge on any atom is 0.417 e. The topological polar surface area (TPSA) is 68.0 Å². The summed E-state index contributed by atoms with van der Waals surface area (Å²) >= 11 is 0. The van der Waals surface area contributed by atoms with Crippen molar-refractivity contribution in [1.82, 2.24) is 14.8 Å². The maximum atomic E-state index is 12.7. The van der Waals surface area contributed by atoms with Crippen molar-refractivity contribution in [3.8, 4) is 5.82 Å². The van der Waals surface area contributed by atoms with Crippen LogP contribution in [0.25, 0.3) is 5.82 Å².